The predicted octanol–water partition coefficient (Wildman–Crippen LogP) is 4.76. The van der Waals surface area contributed by atoms with Crippen LogP contribution in [0.4, 0.5) is 0 Å². The van der Waals surface area contributed by atoms with Gasteiger partial charge in [-0.1, -0.05) is 60.7 Å². The van der Waals surface area contributed by atoms with Crippen LogP contribution in [-0.4, -0.2) is 39.2 Å². The van der Waals surface area contributed by atoms with E-state index in [1.807, 2.05) is 48.5 Å². The first-order chi connectivity index (χ1) is 16.4. The Bertz CT molecular complexity index is 1200. The Morgan fingerprint density at radius 1 is 0.853 bits per heavy atom. The lowest BCUT2D eigenvalue weighted by molar-refractivity contribution is -0.143. The summed E-state index contributed by atoms with van der Waals surface area (Å²) in [5.41, 5.74) is 5.07. The highest BCUT2D eigenvalue weighted by molar-refractivity contribution is 7.52. The van der Waals surface area contributed by atoms with Gasteiger partial charge in [-0.05, 0) is 39.9 Å². The molecule has 0 saturated heterocycles. The molecule has 1 atom stereocenters. The molecular weight excluding hydrogens is 453 g/mol. The quantitative estimate of drug-likeness (QED) is 0.370. The van der Waals surface area contributed by atoms with E-state index in [9.17, 15) is 14.2 Å². The third kappa shape index (κ3) is 4.55. The van der Waals surface area contributed by atoms with Crippen molar-refractivity contribution in [2.45, 2.75) is 18.1 Å². The summed E-state index contributed by atoms with van der Waals surface area (Å²) >= 11 is 0. The number of amides is 1. The van der Waals surface area contributed by atoms with E-state index in [0.717, 1.165) is 22.3 Å². The zero-order valence-corrected chi connectivity index (χ0v) is 20.1. The fourth-order valence-electron chi connectivity index (χ4n) is 4.37. The molecule has 0 aromatic heterocycles. The number of hydrogen-bond acceptors (Lipinski definition) is 6. The molecular formula is C26H26NO6P. The normalized spacial score (nSPS) is 13.6. The molecule has 0 radical (unpaired) electrons. The molecule has 7 nitrogen and oxygen atoms in total. The van der Waals surface area contributed by atoms with Crippen molar-refractivity contribution >= 4 is 19.5 Å². The molecule has 0 heterocycles. The van der Waals surface area contributed by atoms with E-state index < -0.39 is 25.5 Å². The molecule has 0 fully saturated rings. The maximum absolute atomic E-state index is 13.1. The van der Waals surface area contributed by atoms with Crippen molar-refractivity contribution in [1.82, 2.24) is 5.32 Å². The van der Waals surface area contributed by atoms with Crippen LogP contribution in [0.2, 0.25) is 0 Å². The summed E-state index contributed by atoms with van der Waals surface area (Å²) in [5.74, 6) is -1.31. The smallest absolute Gasteiger partial charge is 0.334 e. The van der Waals surface area contributed by atoms with Gasteiger partial charge in [0, 0.05) is 25.7 Å². The molecule has 3 aromatic rings. The van der Waals surface area contributed by atoms with Crippen molar-refractivity contribution in [2.24, 2.45) is 0 Å². The highest BCUT2D eigenvalue weighted by Crippen LogP contribution is 2.49. The van der Waals surface area contributed by atoms with Crippen LogP contribution in [0.3, 0.4) is 0 Å². The fourth-order valence-corrected chi connectivity index (χ4v) is 5.44. The molecule has 4 rings (SSSR count). The Hall–Kier alpha value is -3.25. The van der Waals surface area contributed by atoms with Crippen LogP contribution in [0.5, 0.6) is 0 Å². The van der Waals surface area contributed by atoms with Gasteiger partial charge < -0.3 is 19.1 Å². The fraction of sp³-hybridized carbons (Fsp3) is 0.231. The molecule has 1 N–H and O–H groups in total. The van der Waals surface area contributed by atoms with Crippen LogP contribution in [0.1, 0.15) is 33.0 Å². The summed E-state index contributed by atoms with van der Waals surface area (Å²) < 4.78 is 27.4. The van der Waals surface area contributed by atoms with Gasteiger partial charge >= 0.3 is 13.6 Å². The van der Waals surface area contributed by atoms with Crippen LogP contribution in [0.15, 0.2) is 72.8 Å². The number of methoxy groups -OCH3 is 1. The number of benzene rings is 3. The second kappa shape index (κ2) is 9.94. The van der Waals surface area contributed by atoms with Crippen LogP contribution >= 0.6 is 7.60 Å². The summed E-state index contributed by atoms with van der Waals surface area (Å²) in [7, 11) is 0.756. The minimum atomic E-state index is -3.22. The second-order valence-corrected chi connectivity index (χ2v) is 10.2. The minimum absolute atomic E-state index is 0.0856. The molecule has 0 unspecified atom stereocenters. The number of esters is 1. The van der Waals surface area contributed by atoms with E-state index in [4.69, 9.17) is 13.8 Å². The van der Waals surface area contributed by atoms with Crippen molar-refractivity contribution in [1.29, 1.82) is 0 Å². The Kier molecular flexibility index (Phi) is 6.98. The zero-order chi connectivity index (χ0) is 24.3. The van der Waals surface area contributed by atoms with E-state index in [0.29, 0.717) is 11.1 Å². The molecule has 3 aromatic carbocycles. The molecule has 1 amide bonds. The van der Waals surface area contributed by atoms with Crippen molar-refractivity contribution in [2.75, 3.05) is 21.3 Å². The predicted molar refractivity (Wildman–Crippen MR) is 129 cm³/mol. The highest BCUT2D eigenvalue weighted by atomic mass is 31.2. The lowest BCUT2D eigenvalue weighted by atomic mass is 9.89. The number of nitrogens with one attached hydrogen (secondary N) is 1. The van der Waals surface area contributed by atoms with E-state index in [-0.39, 0.29) is 12.1 Å². The number of carbonyl (C=O) groups excluding carboxylic acids is 2. The largest absolute Gasteiger partial charge is 0.467 e. The summed E-state index contributed by atoms with van der Waals surface area (Å²) in [6, 6.07) is 21.4. The molecule has 8 heteroatoms. The molecule has 176 valence electrons. The Labute approximate surface area is 198 Å². The monoisotopic (exact) mass is 479 g/mol. The van der Waals surface area contributed by atoms with Crippen LogP contribution < -0.4 is 5.32 Å². The zero-order valence-electron chi connectivity index (χ0n) is 19.2. The van der Waals surface area contributed by atoms with Crippen molar-refractivity contribution in [3.8, 4) is 11.1 Å². The first kappa shape index (κ1) is 23.9. The Morgan fingerprint density at radius 3 is 1.88 bits per heavy atom. The molecule has 34 heavy (non-hydrogen) atoms. The second-order valence-electron chi connectivity index (χ2n) is 7.96. The summed E-state index contributed by atoms with van der Waals surface area (Å²) in [5, 5.41) is 2.88. The summed E-state index contributed by atoms with van der Waals surface area (Å²) in [6.07, 6.45) is 0.0856. The molecule has 0 saturated carbocycles. The maximum atomic E-state index is 13.1. The molecule has 0 aliphatic heterocycles. The first-order valence-electron chi connectivity index (χ1n) is 10.8. The maximum Gasteiger partial charge on any atom is 0.334 e. The number of ether oxygens (including phenoxy) is 1. The van der Waals surface area contributed by atoms with Crippen molar-refractivity contribution in [3.05, 3.63) is 95.1 Å². The van der Waals surface area contributed by atoms with Crippen LogP contribution in [0, 0.1) is 0 Å². The molecule has 0 spiro atoms. The standard InChI is InChI=1S/C26H26NO6P/c1-31-26(29)24(23-21-10-6-4-8-19(21)20-9-5-7-11-22(20)23)27-25(28)18-14-12-17(13-15-18)16-34(30,32-2)33-3/h4-15,23-24H,16H2,1-3H3,(H,27,28)/t24-/m0/s1. The van der Waals surface area contributed by atoms with Crippen LogP contribution in [0.25, 0.3) is 11.1 Å². The number of fused-ring (bicyclic) bond motifs is 3. The van der Waals surface area contributed by atoms with Gasteiger partial charge in [0.25, 0.3) is 5.91 Å². The molecule has 1 aliphatic rings. The number of rotatable bonds is 8. The lowest BCUT2D eigenvalue weighted by Gasteiger charge is -2.24. The van der Waals surface area contributed by atoms with Gasteiger partial charge in [0.15, 0.2) is 0 Å². The first-order valence-corrected chi connectivity index (χ1v) is 12.5. The average Bonchev–Trinajstić information content (AvgIpc) is 3.21. The van der Waals surface area contributed by atoms with Gasteiger partial charge in [-0.3, -0.25) is 9.36 Å². The Balaban J connectivity index is 1.61. The van der Waals surface area contributed by atoms with Gasteiger partial charge in [0.1, 0.15) is 6.04 Å². The third-order valence-electron chi connectivity index (χ3n) is 6.11. The van der Waals surface area contributed by atoms with Gasteiger partial charge in [0.2, 0.25) is 0 Å². The van der Waals surface area contributed by atoms with Crippen molar-refractivity contribution < 1.29 is 27.9 Å². The summed E-state index contributed by atoms with van der Waals surface area (Å²) in [4.78, 5) is 26.0. The summed E-state index contributed by atoms with van der Waals surface area (Å²) in [6.45, 7) is 0. The highest BCUT2D eigenvalue weighted by Gasteiger charge is 2.39. The van der Waals surface area contributed by atoms with Gasteiger partial charge in [-0.25, -0.2) is 4.79 Å². The molecule has 1 aliphatic carbocycles. The topological polar surface area (TPSA) is 90.9 Å². The SMILES string of the molecule is COC(=O)[C@@H](NC(=O)c1ccc(CP(=O)(OC)OC)cc1)C1c2ccccc2-c2ccccc21. The van der Waals surface area contributed by atoms with Crippen molar-refractivity contribution in [3.63, 3.8) is 0 Å². The lowest BCUT2D eigenvalue weighted by Crippen LogP contribution is -2.45. The number of hydrogen-bond donors (Lipinski definition) is 1. The van der Waals surface area contributed by atoms with Gasteiger partial charge in [-0.15, -0.1) is 0 Å². The van der Waals surface area contributed by atoms with E-state index in [2.05, 4.69) is 5.32 Å². The third-order valence-corrected chi connectivity index (χ3v) is 7.97. The van der Waals surface area contributed by atoms with E-state index >= 15 is 0 Å². The van der Waals surface area contributed by atoms with Gasteiger partial charge in [-0.2, -0.15) is 0 Å². The van der Waals surface area contributed by atoms with E-state index in [1.165, 1.54) is 21.3 Å². The minimum Gasteiger partial charge on any atom is -0.467 e. The average molecular weight is 479 g/mol. The Morgan fingerprint density at radius 2 is 1.38 bits per heavy atom. The number of carbonyl (C=O) groups is 2. The van der Waals surface area contributed by atoms with Gasteiger partial charge in [0.05, 0.1) is 13.3 Å². The molecule has 0 bridgehead atoms. The van der Waals surface area contributed by atoms with Crippen LogP contribution in [-0.2, 0) is 29.3 Å². The van der Waals surface area contributed by atoms with E-state index in [1.54, 1.807) is 24.3 Å².